The van der Waals surface area contributed by atoms with Crippen LogP contribution in [0, 0.1) is 17.8 Å². The molecule has 1 aromatic rings. The molecule has 6 heteroatoms. The lowest BCUT2D eigenvalue weighted by Crippen LogP contribution is -2.34. The summed E-state index contributed by atoms with van der Waals surface area (Å²) in [4.78, 5) is 25.7. The number of alkyl halides is 1. The van der Waals surface area contributed by atoms with Crippen LogP contribution in [0.1, 0.15) is 44.9 Å². The van der Waals surface area contributed by atoms with Crippen molar-refractivity contribution in [1.29, 1.82) is 0 Å². The molecular formula is C15H19FN2O3. The van der Waals surface area contributed by atoms with Crippen molar-refractivity contribution in [1.82, 2.24) is 9.55 Å². The van der Waals surface area contributed by atoms with E-state index in [1.807, 2.05) is 13.8 Å². The zero-order valence-corrected chi connectivity index (χ0v) is 12.4. The first kappa shape index (κ1) is 13.2. The summed E-state index contributed by atoms with van der Waals surface area (Å²) in [6, 6.07) is 0. The van der Waals surface area contributed by atoms with Gasteiger partial charge in [0.15, 0.2) is 0 Å². The van der Waals surface area contributed by atoms with Gasteiger partial charge < -0.3 is 4.74 Å². The average molecular weight is 294 g/mol. The third kappa shape index (κ3) is 1.49. The predicted molar refractivity (Wildman–Crippen MR) is 73.9 cm³/mol. The number of halogens is 1. The number of aromatic nitrogens is 2. The van der Waals surface area contributed by atoms with E-state index in [1.54, 1.807) is 6.92 Å². The molecule has 114 valence electrons. The van der Waals surface area contributed by atoms with Crippen LogP contribution in [0.3, 0.4) is 0 Å². The molecule has 5 atom stereocenters. The molecule has 1 saturated heterocycles. The molecular weight excluding hydrogens is 275 g/mol. The number of fused-ring (bicyclic) bond motifs is 3. The summed E-state index contributed by atoms with van der Waals surface area (Å²) in [5.74, 6) is 0. The van der Waals surface area contributed by atoms with Gasteiger partial charge in [0.1, 0.15) is 11.9 Å². The number of aryl methyl sites for hydroxylation is 1. The normalized spacial score (nSPS) is 47.2. The molecule has 0 amide bonds. The highest BCUT2D eigenvalue weighted by atomic mass is 19.1. The molecule has 0 spiro atoms. The molecule has 21 heavy (non-hydrogen) atoms. The fraction of sp³-hybridized carbons (Fsp3) is 0.733. The van der Waals surface area contributed by atoms with Crippen LogP contribution in [0.25, 0.3) is 0 Å². The second-order valence-electron chi connectivity index (χ2n) is 7.54. The largest absolute Gasteiger partial charge is 0.353 e. The van der Waals surface area contributed by atoms with Gasteiger partial charge in [0.25, 0.3) is 5.56 Å². The number of ether oxygens (including phenoxy) is 1. The Bertz CT molecular complexity index is 756. The monoisotopic (exact) mass is 294 g/mol. The van der Waals surface area contributed by atoms with Gasteiger partial charge in [-0.2, -0.15) is 0 Å². The first-order valence-electron chi connectivity index (χ1n) is 7.35. The second kappa shape index (κ2) is 3.48. The maximum atomic E-state index is 14.6. The Morgan fingerprint density at radius 2 is 2.10 bits per heavy atom. The van der Waals surface area contributed by atoms with Crippen LogP contribution in [-0.2, 0) is 4.74 Å². The van der Waals surface area contributed by atoms with Crippen LogP contribution >= 0.6 is 0 Å². The maximum Gasteiger partial charge on any atom is 0.330 e. The van der Waals surface area contributed by atoms with Gasteiger partial charge in [0.2, 0.25) is 0 Å². The highest BCUT2D eigenvalue weighted by Gasteiger charge is 2.81. The third-order valence-electron chi connectivity index (χ3n) is 5.83. The molecule has 4 rings (SSSR count). The molecule has 0 radical (unpaired) electrons. The van der Waals surface area contributed by atoms with Crippen molar-refractivity contribution in [2.45, 2.75) is 58.0 Å². The highest BCUT2D eigenvalue weighted by Crippen LogP contribution is 2.77. The van der Waals surface area contributed by atoms with Gasteiger partial charge in [0.05, 0.1) is 6.10 Å². The van der Waals surface area contributed by atoms with E-state index in [9.17, 15) is 14.0 Å². The lowest BCUT2D eigenvalue weighted by atomic mass is 9.79. The molecule has 3 fully saturated rings. The van der Waals surface area contributed by atoms with Crippen LogP contribution in [0.15, 0.2) is 15.8 Å². The number of nitrogens with one attached hydrogen (secondary N) is 1. The lowest BCUT2D eigenvalue weighted by Gasteiger charge is -2.26. The number of rotatable bonds is 1. The Morgan fingerprint density at radius 1 is 1.38 bits per heavy atom. The molecule has 1 N–H and O–H groups in total. The van der Waals surface area contributed by atoms with Crippen LogP contribution in [0.4, 0.5) is 4.39 Å². The van der Waals surface area contributed by atoms with Crippen molar-refractivity contribution in [2.24, 2.45) is 10.8 Å². The summed E-state index contributed by atoms with van der Waals surface area (Å²) in [6.07, 6.45) is 2.59. The van der Waals surface area contributed by atoms with Gasteiger partial charge >= 0.3 is 5.69 Å². The minimum absolute atomic E-state index is 0.167. The fourth-order valence-electron chi connectivity index (χ4n) is 4.69. The Labute approximate surface area is 121 Å². The van der Waals surface area contributed by atoms with Gasteiger partial charge in [0, 0.05) is 29.0 Å². The zero-order valence-electron chi connectivity index (χ0n) is 12.4. The summed E-state index contributed by atoms with van der Waals surface area (Å²) >= 11 is 0. The number of aromatic amines is 1. The van der Waals surface area contributed by atoms with E-state index in [0.717, 1.165) is 0 Å². The molecule has 5 nitrogen and oxygen atoms in total. The maximum absolute atomic E-state index is 14.6. The fourth-order valence-corrected chi connectivity index (χ4v) is 4.69. The minimum Gasteiger partial charge on any atom is -0.353 e. The Balaban J connectivity index is 1.71. The molecule has 1 unspecified atom stereocenters. The van der Waals surface area contributed by atoms with Crippen LogP contribution in [0.2, 0.25) is 0 Å². The zero-order chi connectivity index (χ0) is 15.2. The molecule has 2 saturated carbocycles. The first-order chi connectivity index (χ1) is 9.68. The van der Waals surface area contributed by atoms with Crippen LogP contribution < -0.4 is 11.2 Å². The summed E-state index contributed by atoms with van der Waals surface area (Å²) in [6.45, 7) is 5.63. The van der Waals surface area contributed by atoms with Crippen molar-refractivity contribution < 1.29 is 9.13 Å². The molecule has 3 aliphatic rings. The highest BCUT2D eigenvalue weighted by molar-refractivity contribution is 5.29. The van der Waals surface area contributed by atoms with Crippen molar-refractivity contribution in [2.75, 3.05) is 0 Å². The lowest BCUT2D eigenvalue weighted by molar-refractivity contribution is -0.0456. The number of nitrogens with zero attached hydrogens (tertiary/aromatic N) is 1. The van der Waals surface area contributed by atoms with E-state index >= 15 is 0 Å². The van der Waals surface area contributed by atoms with Gasteiger partial charge in [-0.3, -0.25) is 14.3 Å². The van der Waals surface area contributed by atoms with Gasteiger partial charge in [-0.05, 0) is 19.8 Å². The average Bonchev–Trinajstić information content (AvgIpc) is 2.67. The molecule has 0 aromatic carbocycles. The molecule has 1 aromatic heterocycles. The SMILES string of the molecule is Cc1cn(C2C[C@@]3(C)C[C@]4(F)C[C@]4(C)[C@H]3O2)c(=O)[nH]c1=O. The van der Waals surface area contributed by atoms with Crippen LogP contribution in [-0.4, -0.2) is 21.3 Å². The van der Waals surface area contributed by atoms with E-state index < -0.39 is 23.0 Å². The number of H-pyrrole nitrogens is 1. The van der Waals surface area contributed by atoms with Gasteiger partial charge in [-0.25, -0.2) is 9.18 Å². The van der Waals surface area contributed by atoms with Crippen molar-refractivity contribution >= 4 is 0 Å². The molecule has 1 aliphatic heterocycles. The summed E-state index contributed by atoms with van der Waals surface area (Å²) < 4.78 is 22.1. The van der Waals surface area contributed by atoms with Gasteiger partial charge in [-0.1, -0.05) is 13.8 Å². The Morgan fingerprint density at radius 3 is 2.76 bits per heavy atom. The van der Waals surface area contributed by atoms with Crippen molar-refractivity contribution in [3.05, 3.63) is 32.6 Å². The van der Waals surface area contributed by atoms with E-state index in [2.05, 4.69) is 4.98 Å². The predicted octanol–water partition coefficient (Wildman–Crippen LogP) is 1.66. The topological polar surface area (TPSA) is 64.1 Å². The Kier molecular flexibility index (Phi) is 2.20. The van der Waals surface area contributed by atoms with Gasteiger partial charge in [-0.15, -0.1) is 0 Å². The third-order valence-corrected chi connectivity index (χ3v) is 5.83. The molecule has 2 heterocycles. The minimum atomic E-state index is -1.09. The van der Waals surface area contributed by atoms with E-state index in [-0.39, 0.29) is 17.1 Å². The second-order valence-corrected chi connectivity index (χ2v) is 7.54. The molecule has 0 bridgehead atoms. The summed E-state index contributed by atoms with van der Waals surface area (Å²) in [5, 5.41) is 0. The summed E-state index contributed by atoms with van der Waals surface area (Å²) in [5.41, 5.74) is -2.13. The standard InChI is InChI=1S/C15H19FN2O3/c1-8-5-18(12(20)17-10(8)19)9-4-13(2)6-15(16)7-14(15,3)11(13)21-9/h5,9,11H,4,6-7H2,1-3H3,(H,17,19,20)/t9?,11-,13-,14+,15-/m0/s1. The first-order valence-corrected chi connectivity index (χ1v) is 7.35. The number of hydrogen-bond acceptors (Lipinski definition) is 3. The van der Waals surface area contributed by atoms with E-state index in [1.165, 1.54) is 10.8 Å². The van der Waals surface area contributed by atoms with E-state index in [0.29, 0.717) is 24.8 Å². The van der Waals surface area contributed by atoms with Crippen molar-refractivity contribution in [3.63, 3.8) is 0 Å². The number of hydrogen-bond donors (Lipinski definition) is 1. The Hall–Kier alpha value is -1.43. The molecule has 2 aliphatic carbocycles. The van der Waals surface area contributed by atoms with Crippen LogP contribution in [0.5, 0.6) is 0 Å². The quantitative estimate of drug-likeness (QED) is 0.856. The van der Waals surface area contributed by atoms with E-state index in [4.69, 9.17) is 4.74 Å². The summed E-state index contributed by atoms with van der Waals surface area (Å²) in [7, 11) is 0. The van der Waals surface area contributed by atoms with Crippen molar-refractivity contribution in [3.8, 4) is 0 Å². The smallest absolute Gasteiger partial charge is 0.330 e.